The molecular formula is C25H29N7OS. The Morgan fingerprint density at radius 3 is 2.88 bits per heavy atom. The van der Waals surface area contributed by atoms with Crippen LogP contribution in [0.15, 0.2) is 40.8 Å². The molecule has 34 heavy (non-hydrogen) atoms. The number of imidazole rings is 1. The van der Waals surface area contributed by atoms with Gasteiger partial charge in [-0.3, -0.25) is 9.69 Å². The number of anilines is 1. The molecule has 0 aliphatic carbocycles. The summed E-state index contributed by atoms with van der Waals surface area (Å²) in [6.07, 6.45) is 3.02. The fourth-order valence-electron chi connectivity index (χ4n) is 5.14. The van der Waals surface area contributed by atoms with Gasteiger partial charge in [-0.1, -0.05) is 13.0 Å². The second kappa shape index (κ2) is 8.85. The molecular weight excluding hydrogens is 446 g/mol. The molecule has 0 N–H and O–H groups in total. The van der Waals surface area contributed by atoms with Crippen molar-refractivity contribution in [2.45, 2.75) is 51.7 Å². The second-order valence-electron chi connectivity index (χ2n) is 9.14. The van der Waals surface area contributed by atoms with E-state index in [0.29, 0.717) is 11.7 Å². The van der Waals surface area contributed by atoms with Crippen molar-refractivity contribution in [3.63, 3.8) is 0 Å². The van der Waals surface area contributed by atoms with Gasteiger partial charge in [-0.15, -0.1) is 11.3 Å². The molecule has 3 atom stereocenters. The van der Waals surface area contributed by atoms with E-state index in [0.717, 1.165) is 36.4 Å². The second-order valence-corrected chi connectivity index (χ2v) is 10.0. The maximum absolute atomic E-state index is 12.8. The van der Waals surface area contributed by atoms with E-state index in [1.165, 1.54) is 10.3 Å². The molecule has 0 saturated carbocycles. The number of aromatic nitrogens is 4. The van der Waals surface area contributed by atoms with Crippen LogP contribution in [-0.4, -0.2) is 49.2 Å². The Labute approximate surface area is 202 Å². The zero-order valence-electron chi connectivity index (χ0n) is 20.0. The van der Waals surface area contributed by atoms with E-state index in [-0.39, 0.29) is 24.1 Å². The van der Waals surface area contributed by atoms with Gasteiger partial charge in [0.15, 0.2) is 5.65 Å². The Morgan fingerprint density at radius 2 is 2.12 bits per heavy atom. The van der Waals surface area contributed by atoms with Crippen molar-refractivity contribution in [3.8, 4) is 6.07 Å². The van der Waals surface area contributed by atoms with Crippen LogP contribution < -0.4 is 10.5 Å². The largest absolute Gasteiger partial charge is 0.363 e. The number of benzene rings is 1. The summed E-state index contributed by atoms with van der Waals surface area (Å²) in [7, 11) is 1.73. The third kappa shape index (κ3) is 3.77. The predicted molar refractivity (Wildman–Crippen MR) is 135 cm³/mol. The Balaban J connectivity index is 1.48. The molecule has 1 aromatic carbocycles. The van der Waals surface area contributed by atoms with Crippen LogP contribution in [0.3, 0.4) is 0 Å². The third-order valence-corrected chi connectivity index (χ3v) is 7.92. The predicted octanol–water partition coefficient (Wildman–Crippen LogP) is 3.76. The summed E-state index contributed by atoms with van der Waals surface area (Å²) in [6, 6.07) is 11.2. The summed E-state index contributed by atoms with van der Waals surface area (Å²) < 4.78 is 4.54. The Kier molecular flexibility index (Phi) is 5.88. The fraction of sp³-hybridized carbons (Fsp3) is 0.440. The molecule has 8 nitrogen and oxygen atoms in total. The van der Waals surface area contributed by atoms with Crippen molar-refractivity contribution in [1.82, 2.24) is 24.1 Å². The van der Waals surface area contributed by atoms with Gasteiger partial charge >= 0.3 is 0 Å². The van der Waals surface area contributed by atoms with Gasteiger partial charge in [-0.2, -0.15) is 5.26 Å². The van der Waals surface area contributed by atoms with Crippen molar-refractivity contribution in [1.29, 1.82) is 5.26 Å². The molecule has 3 aromatic heterocycles. The highest BCUT2D eigenvalue weighted by Crippen LogP contribution is 2.33. The van der Waals surface area contributed by atoms with Gasteiger partial charge in [-0.25, -0.2) is 19.2 Å². The zero-order valence-corrected chi connectivity index (χ0v) is 20.8. The average Bonchev–Trinajstić information content (AvgIpc) is 3.48. The molecule has 1 aliphatic heterocycles. The van der Waals surface area contributed by atoms with E-state index in [1.54, 1.807) is 39.8 Å². The number of hydrogen-bond donors (Lipinski definition) is 0. The minimum absolute atomic E-state index is 0.0858. The summed E-state index contributed by atoms with van der Waals surface area (Å²) in [6.45, 7) is 8.42. The van der Waals surface area contributed by atoms with Crippen LogP contribution in [0, 0.1) is 11.3 Å². The monoisotopic (exact) mass is 475 g/mol. The molecule has 0 bridgehead atoms. The molecule has 0 radical (unpaired) electrons. The lowest BCUT2D eigenvalue weighted by molar-refractivity contribution is 0.106. The van der Waals surface area contributed by atoms with Gasteiger partial charge in [0, 0.05) is 44.3 Å². The number of nitriles is 1. The van der Waals surface area contributed by atoms with Gasteiger partial charge in [-0.05, 0) is 38.0 Å². The van der Waals surface area contributed by atoms with Crippen molar-refractivity contribution < 1.29 is 0 Å². The van der Waals surface area contributed by atoms with Crippen LogP contribution in [0.2, 0.25) is 0 Å². The first kappa shape index (κ1) is 22.6. The number of rotatable bonds is 5. The highest BCUT2D eigenvalue weighted by atomic mass is 32.1. The summed E-state index contributed by atoms with van der Waals surface area (Å²) in [5.74, 6) is 0. The van der Waals surface area contributed by atoms with Crippen LogP contribution in [0.1, 0.15) is 44.5 Å². The first-order valence-corrected chi connectivity index (χ1v) is 12.6. The number of thiazole rings is 1. The molecule has 1 saturated heterocycles. The zero-order chi connectivity index (χ0) is 24.0. The van der Waals surface area contributed by atoms with Gasteiger partial charge in [0.05, 0.1) is 45.8 Å². The van der Waals surface area contributed by atoms with Crippen LogP contribution >= 0.6 is 11.3 Å². The molecule has 5 rings (SSSR count). The molecule has 4 aromatic rings. The van der Waals surface area contributed by atoms with Crippen molar-refractivity contribution in [3.05, 3.63) is 57.6 Å². The maximum Gasteiger partial charge on any atom is 0.267 e. The third-order valence-electron chi connectivity index (χ3n) is 7.13. The number of hydrogen-bond acceptors (Lipinski definition) is 7. The minimum Gasteiger partial charge on any atom is -0.363 e. The van der Waals surface area contributed by atoms with Crippen molar-refractivity contribution in [2.75, 3.05) is 18.0 Å². The fourth-order valence-corrected chi connectivity index (χ4v) is 5.87. The van der Waals surface area contributed by atoms with E-state index in [9.17, 15) is 4.79 Å². The number of nitrogens with zero attached hydrogens (tertiary/aromatic N) is 7. The Hall–Kier alpha value is -3.22. The maximum atomic E-state index is 12.8. The highest BCUT2D eigenvalue weighted by molar-refractivity contribution is 7.16. The van der Waals surface area contributed by atoms with Gasteiger partial charge in [0.1, 0.15) is 0 Å². The lowest BCUT2D eigenvalue weighted by Crippen LogP contribution is -2.58. The first-order valence-electron chi connectivity index (χ1n) is 11.7. The van der Waals surface area contributed by atoms with Gasteiger partial charge in [0.25, 0.3) is 5.56 Å². The molecule has 0 amide bonds. The summed E-state index contributed by atoms with van der Waals surface area (Å²) in [5, 5.41) is 9.13. The van der Waals surface area contributed by atoms with E-state index in [1.807, 2.05) is 5.51 Å². The van der Waals surface area contributed by atoms with E-state index in [2.05, 4.69) is 59.8 Å². The molecule has 1 aliphatic rings. The number of piperazine rings is 1. The standard InChI is InChI=1S/C25H29N7OS/c1-5-20-14-30(22-11-24(33)29(4)32-13-19(8-9-26)28-25(22)32)16(2)12-31(20)17(3)18-6-7-21-23(10-18)34-15-27-21/h6-7,10-11,13,15-17,20H,5,8,12,14H2,1-4H3/t16-,17?,20+/m0/s1. The molecule has 1 fully saturated rings. The van der Waals surface area contributed by atoms with Crippen LogP contribution in [0.4, 0.5) is 5.69 Å². The van der Waals surface area contributed by atoms with E-state index < -0.39 is 0 Å². The van der Waals surface area contributed by atoms with Crippen molar-refractivity contribution >= 4 is 32.9 Å². The highest BCUT2D eigenvalue weighted by Gasteiger charge is 2.35. The van der Waals surface area contributed by atoms with Gasteiger partial charge < -0.3 is 4.90 Å². The molecule has 0 spiro atoms. The minimum atomic E-state index is -0.0858. The van der Waals surface area contributed by atoms with Crippen LogP contribution in [0.25, 0.3) is 15.9 Å². The topological polar surface area (TPSA) is 82.5 Å². The molecule has 1 unspecified atom stereocenters. The first-order chi connectivity index (χ1) is 16.4. The van der Waals surface area contributed by atoms with E-state index in [4.69, 9.17) is 10.2 Å². The van der Waals surface area contributed by atoms with E-state index >= 15 is 0 Å². The summed E-state index contributed by atoms with van der Waals surface area (Å²) in [4.78, 5) is 26.8. The van der Waals surface area contributed by atoms with Crippen LogP contribution in [-0.2, 0) is 13.5 Å². The number of fused-ring (bicyclic) bond motifs is 2. The quantitative estimate of drug-likeness (QED) is 0.437. The summed E-state index contributed by atoms with van der Waals surface area (Å²) >= 11 is 1.68. The Bertz CT molecular complexity index is 1450. The number of aryl methyl sites for hydroxylation is 1. The SMILES string of the molecule is CC[C@@H]1CN(c2cc(=O)n(C)n3cc(CC#N)nc23)[C@@H](C)CN1C(C)c1ccc2ncsc2c1. The smallest absolute Gasteiger partial charge is 0.267 e. The molecule has 176 valence electrons. The lowest BCUT2D eigenvalue weighted by atomic mass is 9.98. The molecule has 4 heterocycles. The average molecular weight is 476 g/mol. The van der Waals surface area contributed by atoms with Crippen molar-refractivity contribution in [2.24, 2.45) is 7.05 Å². The summed E-state index contributed by atoms with van der Waals surface area (Å²) in [5.41, 5.74) is 6.42. The van der Waals surface area contributed by atoms with Gasteiger partial charge in [0.2, 0.25) is 0 Å². The van der Waals surface area contributed by atoms with Crippen LogP contribution in [0.5, 0.6) is 0 Å². The Morgan fingerprint density at radius 1 is 1.29 bits per heavy atom. The lowest BCUT2D eigenvalue weighted by Gasteiger charge is -2.48. The normalized spacial score (nSPS) is 20.1. The molecule has 9 heteroatoms.